The SMILES string of the molecule is O=c1cc([C@@H]2C[C@H]2c2cccnc2)nc2sc(Cl)cn12. The molecule has 3 aromatic heterocycles. The lowest BCUT2D eigenvalue weighted by molar-refractivity contribution is 0.936. The summed E-state index contributed by atoms with van der Waals surface area (Å²) in [5.41, 5.74) is 2.01. The minimum atomic E-state index is -0.0648. The Morgan fingerprint density at radius 1 is 1.40 bits per heavy atom. The zero-order valence-corrected chi connectivity index (χ0v) is 11.9. The van der Waals surface area contributed by atoms with E-state index >= 15 is 0 Å². The molecule has 20 heavy (non-hydrogen) atoms. The van der Waals surface area contributed by atoms with Gasteiger partial charge in [0.15, 0.2) is 4.96 Å². The van der Waals surface area contributed by atoms with Crippen LogP contribution in [0.25, 0.3) is 4.96 Å². The monoisotopic (exact) mass is 303 g/mol. The van der Waals surface area contributed by atoms with E-state index in [0.29, 0.717) is 21.1 Å². The Kier molecular flexibility index (Phi) is 2.65. The van der Waals surface area contributed by atoms with Crippen LogP contribution in [-0.2, 0) is 0 Å². The molecule has 0 N–H and O–H groups in total. The van der Waals surface area contributed by atoms with Crippen LogP contribution in [0.15, 0.2) is 41.6 Å². The highest BCUT2D eigenvalue weighted by molar-refractivity contribution is 7.20. The minimum Gasteiger partial charge on any atom is -0.269 e. The summed E-state index contributed by atoms with van der Waals surface area (Å²) in [6.07, 6.45) is 6.29. The minimum absolute atomic E-state index is 0.0648. The standard InChI is InChI=1S/C14H10ClN3OS/c15-12-7-18-13(19)5-11(17-14(18)20-12)10-4-9(10)8-2-1-3-16-6-8/h1-3,5-7,9-10H,4H2/t9-,10+/m0/s1. The maximum Gasteiger partial charge on any atom is 0.258 e. The lowest BCUT2D eigenvalue weighted by Crippen LogP contribution is -2.12. The molecule has 1 aliphatic carbocycles. The molecule has 0 unspecified atom stereocenters. The molecule has 0 bridgehead atoms. The Labute approximate surface area is 123 Å². The molecule has 3 aromatic rings. The number of pyridine rings is 1. The van der Waals surface area contributed by atoms with Crippen LogP contribution in [0, 0.1) is 0 Å². The molecule has 1 saturated carbocycles. The molecule has 3 heterocycles. The van der Waals surface area contributed by atoms with E-state index in [0.717, 1.165) is 12.1 Å². The first kappa shape index (κ1) is 12.1. The Bertz CT molecular complexity index is 842. The van der Waals surface area contributed by atoms with E-state index in [9.17, 15) is 4.79 Å². The summed E-state index contributed by atoms with van der Waals surface area (Å²) >= 11 is 7.27. The summed E-state index contributed by atoms with van der Waals surface area (Å²) in [5, 5.41) is 0. The second-order valence-corrected chi connectivity index (χ2v) is 6.58. The van der Waals surface area contributed by atoms with Crippen molar-refractivity contribution in [3.63, 3.8) is 0 Å². The Morgan fingerprint density at radius 2 is 2.30 bits per heavy atom. The van der Waals surface area contributed by atoms with Crippen LogP contribution in [0.1, 0.15) is 29.5 Å². The third-order valence-corrected chi connectivity index (χ3v) is 4.74. The number of aromatic nitrogens is 3. The second kappa shape index (κ2) is 4.40. The van der Waals surface area contributed by atoms with Crippen molar-refractivity contribution in [2.24, 2.45) is 0 Å². The lowest BCUT2D eigenvalue weighted by atomic mass is 10.1. The number of hydrogen-bond acceptors (Lipinski definition) is 4. The lowest BCUT2D eigenvalue weighted by Gasteiger charge is -2.00. The van der Waals surface area contributed by atoms with E-state index in [1.54, 1.807) is 18.5 Å². The maximum atomic E-state index is 12.0. The molecular formula is C14H10ClN3OS. The van der Waals surface area contributed by atoms with E-state index in [2.05, 4.69) is 16.0 Å². The van der Waals surface area contributed by atoms with Crippen molar-refractivity contribution in [2.75, 3.05) is 0 Å². The summed E-state index contributed by atoms with van der Waals surface area (Å²) in [6.45, 7) is 0. The van der Waals surface area contributed by atoms with Gasteiger partial charge in [0, 0.05) is 30.6 Å². The average molecular weight is 304 g/mol. The fraction of sp³-hybridized carbons (Fsp3) is 0.214. The van der Waals surface area contributed by atoms with Crippen molar-refractivity contribution >= 4 is 27.9 Å². The van der Waals surface area contributed by atoms with Gasteiger partial charge < -0.3 is 0 Å². The first-order valence-electron chi connectivity index (χ1n) is 6.31. The topological polar surface area (TPSA) is 47.3 Å². The molecule has 1 aliphatic rings. The number of halogens is 1. The van der Waals surface area contributed by atoms with Crippen LogP contribution in [-0.4, -0.2) is 14.4 Å². The van der Waals surface area contributed by atoms with Crippen molar-refractivity contribution in [1.82, 2.24) is 14.4 Å². The van der Waals surface area contributed by atoms with E-state index in [4.69, 9.17) is 11.6 Å². The molecule has 1 fully saturated rings. The molecule has 0 aliphatic heterocycles. The van der Waals surface area contributed by atoms with Crippen LogP contribution in [0.5, 0.6) is 0 Å². The highest BCUT2D eigenvalue weighted by atomic mass is 35.5. The summed E-state index contributed by atoms with van der Waals surface area (Å²) in [6, 6.07) is 5.64. The molecule has 6 heteroatoms. The fourth-order valence-electron chi connectivity index (χ4n) is 2.57. The Morgan fingerprint density at radius 3 is 3.10 bits per heavy atom. The molecule has 2 atom stereocenters. The third kappa shape index (κ3) is 1.94. The average Bonchev–Trinajstić information content (AvgIpc) is 3.16. The highest BCUT2D eigenvalue weighted by Crippen LogP contribution is 2.53. The van der Waals surface area contributed by atoms with Gasteiger partial charge in [-0.3, -0.25) is 14.2 Å². The van der Waals surface area contributed by atoms with Crippen LogP contribution >= 0.6 is 22.9 Å². The van der Waals surface area contributed by atoms with Crippen molar-refractivity contribution < 1.29 is 0 Å². The number of thiazole rings is 1. The van der Waals surface area contributed by atoms with Gasteiger partial charge in [-0.2, -0.15) is 0 Å². The maximum absolute atomic E-state index is 12.0. The van der Waals surface area contributed by atoms with E-state index in [1.807, 2.05) is 12.3 Å². The number of fused-ring (bicyclic) bond motifs is 1. The van der Waals surface area contributed by atoms with Gasteiger partial charge in [0.1, 0.15) is 4.34 Å². The van der Waals surface area contributed by atoms with Crippen molar-refractivity contribution in [3.05, 3.63) is 62.7 Å². The van der Waals surface area contributed by atoms with Gasteiger partial charge >= 0.3 is 0 Å². The molecule has 4 nitrogen and oxygen atoms in total. The predicted octanol–water partition coefficient (Wildman–Crippen LogP) is 3.08. The second-order valence-electron chi connectivity index (χ2n) is 4.94. The van der Waals surface area contributed by atoms with Gasteiger partial charge in [-0.15, -0.1) is 0 Å². The van der Waals surface area contributed by atoms with Crippen molar-refractivity contribution in [3.8, 4) is 0 Å². The number of hydrogen-bond donors (Lipinski definition) is 0. The van der Waals surface area contributed by atoms with Gasteiger partial charge in [0.25, 0.3) is 5.56 Å². The molecule has 100 valence electrons. The van der Waals surface area contributed by atoms with Crippen molar-refractivity contribution in [1.29, 1.82) is 0 Å². The van der Waals surface area contributed by atoms with E-state index < -0.39 is 0 Å². The molecule has 0 spiro atoms. The summed E-state index contributed by atoms with van der Waals surface area (Å²) < 4.78 is 2.07. The largest absolute Gasteiger partial charge is 0.269 e. The summed E-state index contributed by atoms with van der Waals surface area (Å²) in [5.74, 6) is 0.742. The van der Waals surface area contributed by atoms with Crippen LogP contribution in [0.3, 0.4) is 0 Å². The van der Waals surface area contributed by atoms with Crippen LogP contribution in [0.2, 0.25) is 4.34 Å². The third-order valence-electron chi connectivity index (χ3n) is 3.64. The smallest absolute Gasteiger partial charge is 0.258 e. The summed E-state index contributed by atoms with van der Waals surface area (Å²) in [4.78, 5) is 21.4. The predicted molar refractivity (Wildman–Crippen MR) is 78.7 cm³/mol. The van der Waals surface area contributed by atoms with Gasteiger partial charge in [-0.1, -0.05) is 29.0 Å². The molecule has 0 saturated heterocycles. The quantitative estimate of drug-likeness (QED) is 0.731. The Hall–Kier alpha value is -1.72. The van der Waals surface area contributed by atoms with Gasteiger partial charge in [-0.25, -0.2) is 4.98 Å². The van der Waals surface area contributed by atoms with E-state index in [1.165, 1.54) is 21.3 Å². The first-order valence-corrected chi connectivity index (χ1v) is 7.50. The summed E-state index contributed by atoms with van der Waals surface area (Å²) in [7, 11) is 0. The fourth-order valence-corrected chi connectivity index (χ4v) is 3.60. The number of nitrogens with zero attached hydrogens (tertiary/aromatic N) is 3. The normalized spacial score (nSPS) is 21.2. The van der Waals surface area contributed by atoms with Gasteiger partial charge in [-0.05, 0) is 24.0 Å². The first-order chi connectivity index (χ1) is 9.72. The molecule has 4 rings (SSSR count). The van der Waals surface area contributed by atoms with E-state index in [-0.39, 0.29) is 5.56 Å². The van der Waals surface area contributed by atoms with Crippen molar-refractivity contribution in [2.45, 2.75) is 18.3 Å². The Balaban J connectivity index is 1.72. The number of rotatable bonds is 2. The zero-order chi connectivity index (χ0) is 13.7. The molecule has 0 radical (unpaired) electrons. The highest BCUT2D eigenvalue weighted by Gasteiger charge is 2.41. The zero-order valence-electron chi connectivity index (χ0n) is 10.4. The van der Waals surface area contributed by atoms with Crippen LogP contribution < -0.4 is 5.56 Å². The molecule has 0 aromatic carbocycles. The van der Waals surface area contributed by atoms with Crippen LogP contribution in [0.4, 0.5) is 0 Å². The molecule has 0 amide bonds. The van der Waals surface area contributed by atoms with Gasteiger partial charge in [0.05, 0.1) is 5.69 Å². The van der Waals surface area contributed by atoms with Gasteiger partial charge in [0.2, 0.25) is 0 Å². The molecular weight excluding hydrogens is 294 g/mol.